The molecule has 0 aromatic carbocycles. The molecule has 0 saturated heterocycles. The molecular weight excluding hydrogens is 203 g/mol. The van der Waals surface area contributed by atoms with E-state index in [0.29, 0.717) is 0 Å². The number of aryl methyl sites for hydroxylation is 1. The van der Waals surface area contributed by atoms with E-state index in [1.807, 2.05) is 18.3 Å². The lowest BCUT2D eigenvalue weighted by Gasteiger charge is -1.97. The predicted molar refractivity (Wildman–Crippen MR) is 63.2 cm³/mol. The van der Waals surface area contributed by atoms with E-state index in [0.717, 1.165) is 12.1 Å². The lowest BCUT2D eigenvalue weighted by molar-refractivity contribution is -0.439. The molecule has 0 N–H and O–H groups in total. The molecule has 0 radical (unpaired) electrons. The molecule has 2 aromatic rings. The minimum absolute atomic E-state index is 0.0646. The van der Waals surface area contributed by atoms with Crippen LogP contribution in [0.2, 0.25) is 0 Å². The van der Waals surface area contributed by atoms with Gasteiger partial charge in [0.15, 0.2) is 0 Å². The van der Waals surface area contributed by atoms with Gasteiger partial charge in [0, 0.05) is 11.4 Å². The summed E-state index contributed by atoms with van der Waals surface area (Å²) in [6.45, 7) is 2.23. The van der Waals surface area contributed by atoms with E-state index < -0.39 is 0 Å². The van der Waals surface area contributed by atoms with Gasteiger partial charge >= 0.3 is 5.82 Å². The first kappa shape index (κ1) is 8.87. The van der Waals surface area contributed by atoms with Gasteiger partial charge in [-0.2, -0.15) is 0 Å². The quantitative estimate of drug-likeness (QED) is 0.667. The smallest absolute Gasteiger partial charge is 0.223 e. The monoisotopic (exact) mass is 215 g/mol. The Morgan fingerprint density at radius 1 is 1.27 bits per heavy atom. The largest absolute Gasteiger partial charge is 0.323 e. The molecule has 0 bridgehead atoms. The summed E-state index contributed by atoms with van der Waals surface area (Å²) in [4.78, 5) is 4.37. The van der Waals surface area contributed by atoms with Crippen LogP contribution in [0.1, 0.15) is 10.6 Å². The first-order chi connectivity index (χ1) is 7.34. The van der Waals surface area contributed by atoms with Gasteiger partial charge in [-0.15, -0.1) is 0 Å². The molecule has 0 fully saturated rings. The molecule has 3 heterocycles. The fourth-order valence-electron chi connectivity index (χ4n) is 1.91. The van der Waals surface area contributed by atoms with Crippen molar-refractivity contribution < 1.29 is 4.58 Å². The van der Waals surface area contributed by atoms with Crippen molar-refractivity contribution in [3.05, 3.63) is 47.1 Å². The number of aromatic nitrogens is 1. The second-order valence-electron chi connectivity index (χ2n) is 3.76. The molecule has 2 nitrogen and oxygen atoms in total. The molecule has 2 aromatic heterocycles. The average molecular weight is 215 g/mol. The van der Waals surface area contributed by atoms with Gasteiger partial charge in [-0.1, -0.05) is 19.7 Å². The van der Waals surface area contributed by atoms with Crippen molar-refractivity contribution in [1.82, 2.24) is 4.98 Å². The fourth-order valence-corrected chi connectivity index (χ4v) is 4.02. The van der Waals surface area contributed by atoms with Crippen molar-refractivity contribution in [2.75, 3.05) is 0 Å². The van der Waals surface area contributed by atoms with Crippen LogP contribution >= 0.6 is 7.53 Å². The van der Waals surface area contributed by atoms with Crippen molar-refractivity contribution in [2.24, 2.45) is 0 Å². The van der Waals surface area contributed by atoms with E-state index in [4.69, 9.17) is 0 Å². The van der Waals surface area contributed by atoms with Gasteiger partial charge in [0.2, 0.25) is 0 Å². The molecular formula is C12H12N2P+. The number of fused-ring (bicyclic) bond motifs is 1. The number of rotatable bonds is 1. The number of hydrogen-bond donors (Lipinski definition) is 0. The summed E-state index contributed by atoms with van der Waals surface area (Å²) in [6.07, 6.45) is 5.18. The summed E-state index contributed by atoms with van der Waals surface area (Å²) in [5.41, 5.74) is 0. The summed E-state index contributed by atoms with van der Waals surface area (Å²) in [7, 11) is -0.0646. The highest BCUT2D eigenvalue weighted by Gasteiger charge is 2.20. The second-order valence-corrected chi connectivity index (χ2v) is 6.12. The van der Waals surface area contributed by atoms with Crippen molar-refractivity contribution in [1.29, 1.82) is 0 Å². The molecule has 0 amide bonds. The zero-order valence-electron chi connectivity index (χ0n) is 8.59. The Labute approximate surface area is 90.0 Å². The predicted octanol–water partition coefficient (Wildman–Crippen LogP) is 3.11. The van der Waals surface area contributed by atoms with Gasteiger partial charge in [-0.05, 0) is 29.3 Å². The van der Waals surface area contributed by atoms with E-state index in [9.17, 15) is 0 Å². The highest BCUT2D eigenvalue weighted by molar-refractivity contribution is 7.51. The Kier molecular flexibility index (Phi) is 1.96. The Bertz CT molecular complexity index is 526. The van der Waals surface area contributed by atoms with E-state index in [2.05, 4.69) is 40.9 Å². The highest BCUT2D eigenvalue weighted by Crippen LogP contribution is 2.43. The van der Waals surface area contributed by atoms with Gasteiger partial charge in [0.25, 0.3) is 0 Å². The molecule has 74 valence electrons. The lowest BCUT2D eigenvalue weighted by atomic mass is 10.4. The van der Waals surface area contributed by atoms with Crippen LogP contribution in [0.5, 0.6) is 0 Å². The summed E-state index contributed by atoms with van der Waals surface area (Å²) < 4.78 is 2.26. The van der Waals surface area contributed by atoms with Crippen molar-refractivity contribution in [2.45, 2.75) is 13.2 Å². The number of hydrogen-bond acceptors (Lipinski definition) is 1. The van der Waals surface area contributed by atoms with Crippen LogP contribution in [0.25, 0.3) is 0 Å². The van der Waals surface area contributed by atoms with Crippen LogP contribution in [-0.2, 0) is 6.29 Å². The van der Waals surface area contributed by atoms with E-state index in [-0.39, 0.29) is 7.53 Å². The summed E-state index contributed by atoms with van der Waals surface area (Å²) in [5, 5.41) is 3.00. The SMILES string of the molecule is Cc1ccc2p1C[N+](c1ccccn1)=C2. The molecule has 0 spiro atoms. The van der Waals surface area contributed by atoms with E-state index in [1.54, 1.807) is 0 Å². The zero-order valence-corrected chi connectivity index (χ0v) is 9.48. The van der Waals surface area contributed by atoms with Crippen LogP contribution in [0.15, 0.2) is 36.5 Å². The summed E-state index contributed by atoms with van der Waals surface area (Å²) in [6, 6.07) is 10.5. The molecule has 0 aliphatic carbocycles. The standard InChI is InChI=1S/C12H12N2P/c1-10-5-6-11-8-14(9-15(10)11)12-4-2-3-7-13-12/h2-8H,9H2,1H3/q+1. The lowest BCUT2D eigenvalue weighted by Crippen LogP contribution is -1.99. The maximum Gasteiger partial charge on any atom is 0.323 e. The molecule has 15 heavy (non-hydrogen) atoms. The Morgan fingerprint density at radius 3 is 2.93 bits per heavy atom. The van der Waals surface area contributed by atoms with Gasteiger partial charge in [-0.25, -0.2) is 4.58 Å². The maximum atomic E-state index is 4.37. The first-order valence-electron chi connectivity index (χ1n) is 5.03. The molecule has 1 aliphatic heterocycles. The minimum Gasteiger partial charge on any atom is -0.223 e. The molecule has 0 saturated carbocycles. The Morgan fingerprint density at radius 2 is 2.20 bits per heavy atom. The summed E-state index contributed by atoms with van der Waals surface area (Å²) in [5.74, 6) is 1.06. The highest BCUT2D eigenvalue weighted by atomic mass is 31.1. The minimum atomic E-state index is -0.0646. The fraction of sp³-hybridized carbons (Fsp3) is 0.167. The molecule has 3 rings (SSSR count). The third-order valence-electron chi connectivity index (χ3n) is 2.76. The maximum absolute atomic E-state index is 4.37. The third kappa shape index (κ3) is 1.42. The van der Waals surface area contributed by atoms with Crippen LogP contribution < -0.4 is 0 Å². The topological polar surface area (TPSA) is 15.9 Å². The second kappa shape index (κ2) is 3.32. The Hall–Kier alpha value is -1.40. The Balaban J connectivity index is 2.01. The third-order valence-corrected chi connectivity index (χ3v) is 5.23. The van der Waals surface area contributed by atoms with Crippen LogP contribution in [0.4, 0.5) is 5.82 Å². The normalized spacial score (nSPS) is 15.0. The van der Waals surface area contributed by atoms with E-state index in [1.165, 1.54) is 10.6 Å². The zero-order chi connectivity index (χ0) is 10.3. The van der Waals surface area contributed by atoms with Crippen molar-refractivity contribution >= 4 is 19.6 Å². The average Bonchev–Trinajstić information content (AvgIpc) is 2.83. The van der Waals surface area contributed by atoms with Gasteiger partial charge < -0.3 is 0 Å². The van der Waals surface area contributed by atoms with Gasteiger partial charge in [-0.3, -0.25) is 0 Å². The summed E-state index contributed by atoms with van der Waals surface area (Å²) >= 11 is 0. The number of pyridine rings is 1. The molecule has 1 atom stereocenters. The first-order valence-corrected chi connectivity index (χ1v) is 6.56. The molecule has 3 heteroatoms. The van der Waals surface area contributed by atoms with Gasteiger partial charge in [0.05, 0.1) is 0 Å². The van der Waals surface area contributed by atoms with Crippen LogP contribution in [-0.4, -0.2) is 15.8 Å². The molecule has 1 aliphatic rings. The van der Waals surface area contributed by atoms with Crippen molar-refractivity contribution in [3.63, 3.8) is 0 Å². The van der Waals surface area contributed by atoms with Crippen LogP contribution in [0.3, 0.4) is 0 Å². The van der Waals surface area contributed by atoms with Crippen LogP contribution in [0, 0.1) is 6.92 Å². The van der Waals surface area contributed by atoms with Crippen molar-refractivity contribution in [3.8, 4) is 0 Å². The van der Waals surface area contributed by atoms with Gasteiger partial charge in [0.1, 0.15) is 18.7 Å². The number of nitrogens with zero attached hydrogens (tertiary/aromatic N) is 2. The van der Waals surface area contributed by atoms with E-state index >= 15 is 0 Å². The molecule has 1 unspecified atom stereocenters.